The summed E-state index contributed by atoms with van der Waals surface area (Å²) in [5.74, 6) is 0. The number of unbranched alkanes of at least 4 members (excludes halogenated alkanes) is 1. The van der Waals surface area contributed by atoms with Crippen molar-refractivity contribution in [3.63, 3.8) is 0 Å². The van der Waals surface area contributed by atoms with Crippen LogP contribution >= 0.6 is 0 Å². The van der Waals surface area contributed by atoms with E-state index in [1.54, 1.807) is 7.11 Å². The molecule has 11 heavy (non-hydrogen) atoms. The van der Waals surface area contributed by atoms with Crippen LogP contribution in [0.25, 0.3) is 0 Å². The zero-order valence-corrected chi connectivity index (χ0v) is 8.34. The zero-order valence-electron chi connectivity index (χ0n) is 7.34. The summed E-state index contributed by atoms with van der Waals surface area (Å²) in [6.07, 6.45) is 2.17. The summed E-state index contributed by atoms with van der Waals surface area (Å²) in [6, 6.07) is 0.854. The van der Waals surface area contributed by atoms with Crippen molar-refractivity contribution in [2.24, 2.45) is 0 Å². The Morgan fingerprint density at radius 3 is 2.09 bits per heavy atom. The van der Waals surface area contributed by atoms with E-state index < -0.39 is 8.32 Å². The molecule has 4 heteroatoms. The molecular weight excluding hydrogens is 160 g/mol. The van der Waals surface area contributed by atoms with E-state index in [0.717, 1.165) is 18.9 Å². The van der Waals surface area contributed by atoms with Crippen LogP contribution in [-0.4, -0.2) is 38.1 Å². The molecule has 0 aliphatic heterocycles. The van der Waals surface area contributed by atoms with Crippen LogP contribution in [-0.2, 0) is 4.43 Å². The molecule has 0 saturated heterocycles. The molecule has 0 aromatic heterocycles. The van der Waals surface area contributed by atoms with Crippen LogP contribution in [0.5, 0.6) is 0 Å². The van der Waals surface area contributed by atoms with Gasteiger partial charge in [-0.1, -0.05) is 19.8 Å². The first-order valence-corrected chi connectivity index (χ1v) is 6.54. The van der Waals surface area contributed by atoms with E-state index in [1.165, 1.54) is 0 Å². The highest BCUT2D eigenvalue weighted by atomic mass is 28.4. The number of hydrogen-bond acceptors (Lipinski definition) is 3. The maximum Gasteiger partial charge on any atom is 0.242 e. The molecule has 0 saturated carbocycles. The van der Waals surface area contributed by atoms with Gasteiger partial charge in [-0.2, -0.15) is 0 Å². The van der Waals surface area contributed by atoms with Crippen molar-refractivity contribution in [3.8, 4) is 0 Å². The second-order valence-corrected chi connectivity index (χ2v) is 6.71. The van der Waals surface area contributed by atoms with Crippen LogP contribution in [0.3, 0.4) is 0 Å². The molecule has 0 unspecified atom stereocenters. The minimum atomic E-state index is -2.13. The highest BCUT2D eigenvalue weighted by Gasteiger charge is 2.31. The third kappa shape index (κ3) is 3.33. The largest absolute Gasteiger partial charge is 0.415 e. The van der Waals surface area contributed by atoms with Gasteiger partial charge in [-0.25, -0.2) is 0 Å². The van der Waals surface area contributed by atoms with Gasteiger partial charge in [0.25, 0.3) is 0 Å². The fraction of sp³-hybridized carbons (Fsp3) is 1.00. The monoisotopic (exact) mass is 178 g/mol. The first-order valence-electron chi connectivity index (χ1n) is 4.01. The van der Waals surface area contributed by atoms with Gasteiger partial charge in [0.1, 0.15) is 0 Å². The van der Waals surface area contributed by atoms with Crippen molar-refractivity contribution < 1.29 is 14.6 Å². The van der Waals surface area contributed by atoms with E-state index in [2.05, 4.69) is 6.92 Å². The number of aliphatic hydroxyl groups is 2. The second-order valence-electron chi connectivity index (χ2n) is 2.81. The van der Waals surface area contributed by atoms with Gasteiger partial charge < -0.3 is 14.6 Å². The number of hydrogen-bond donors (Lipinski definition) is 2. The molecule has 0 aliphatic carbocycles. The minimum absolute atomic E-state index is 0.0278. The lowest BCUT2D eigenvalue weighted by Crippen LogP contribution is -2.46. The average Bonchev–Trinajstić information content (AvgIpc) is 2.08. The van der Waals surface area contributed by atoms with Crippen LogP contribution in [0.2, 0.25) is 6.04 Å². The molecule has 0 amide bonds. The maximum absolute atomic E-state index is 8.98. The third-order valence-corrected chi connectivity index (χ3v) is 5.28. The molecule has 0 aliphatic rings. The molecule has 0 bridgehead atoms. The summed E-state index contributed by atoms with van der Waals surface area (Å²) in [6.45, 7) is 2.09. The molecule has 3 nitrogen and oxygen atoms in total. The van der Waals surface area contributed by atoms with Gasteiger partial charge in [0, 0.05) is 7.11 Å². The normalized spacial score (nSPS) is 12.0. The molecule has 2 N–H and O–H groups in total. The average molecular weight is 178 g/mol. The minimum Gasteiger partial charge on any atom is -0.415 e. The van der Waals surface area contributed by atoms with Crippen molar-refractivity contribution in [2.45, 2.75) is 25.8 Å². The first kappa shape index (κ1) is 11.1. The molecular formula is C7H18O3Si. The van der Waals surface area contributed by atoms with Crippen molar-refractivity contribution in [2.75, 3.05) is 19.6 Å². The second kappa shape index (κ2) is 5.71. The molecule has 0 fully saturated rings. The lowest BCUT2D eigenvalue weighted by atomic mass is 10.4. The van der Waals surface area contributed by atoms with Gasteiger partial charge in [0.15, 0.2) is 0 Å². The van der Waals surface area contributed by atoms with Crippen LogP contribution in [0.1, 0.15) is 19.8 Å². The fourth-order valence-corrected chi connectivity index (χ4v) is 2.81. The third-order valence-electron chi connectivity index (χ3n) is 2.00. The first-order chi connectivity index (χ1) is 5.24. The molecule has 0 spiro atoms. The predicted octanol–water partition coefficient (Wildman–Crippen LogP) is 0.441. The highest BCUT2D eigenvalue weighted by molar-refractivity contribution is 6.73. The molecule has 0 heterocycles. The topological polar surface area (TPSA) is 49.7 Å². The van der Waals surface area contributed by atoms with Gasteiger partial charge in [-0.05, 0) is 6.04 Å². The summed E-state index contributed by atoms with van der Waals surface area (Å²) in [4.78, 5) is 0. The quantitative estimate of drug-likeness (QED) is 0.580. The van der Waals surface area contributed by atoms with Crippen LogP contribution in [0, 0.1) is 0 Å². The molecule has 0 radical (unpaired) electrons. The summed E-state index contributed by atoms with van der Waals surface area (Å²) in [5.41, 5.74) is 0. The Morgan fingerprint density at radius 1 is 1.27 bits per heavy atom. The lowest BCUT2D eigenvalue weighted by molar-refractivity contribution is 0.252. The highest BCUT2D eigenvalue weighted by Crippen LogP contribution is 2.13. The Morgan fingerprint density at radius 2 is 1.82 bits per heavy atom. The van der Waals surface area contributed by atoms with Crippen molar-refractivity contribution in [3.05, 3.63) is 0 Å². The van der Waals surface area contributed by atoms with E-state index in [9.17, 15) is 0 Å². The van der Waals surface area contributed by atoms with E-state index in [1.807, 2.05) is 0 Å². The lowest BCUT2D eigenvalue weighted by Gasteiger charge is -2.24. The summed E-state index contributed by atoms with van der Waals surface area (Å²) >= 11 is 0. The molecule has 68 valence electrons. The Kier molecular flexibility index (Phi) is 5.76. The van der Waals surface area contributed by atoms with Crippen LogP contribution in [0.15, 0.2) is 0 Å². The fourth-order valence-electron chi connectivity index (χ4n) is 0.938. The van der Waals surface area contributed by atoms with Crippen LogP contribution in [0.4, 0.5) is 0 Å². The van der Waals surface area contributed by atoms with Crippen molar-refractivity contribution >= 4 is 8.32 Å². The Hall–Kier alpha value is 0.0969. The van der Waals surface area contributed by atoms with E-state index >= 15 is 0 Å². The van der Waals surface area contributed by atoms with Gasteiger partial charge in [-0.3, -0.25) is 0 Å². The maximum atomic E-state index is 8.98. The molecule has 0 rings (SSSR count). The smallest absolute Gasteiger partial charge is 0.242 e. The Balaban J connectivity index is 3.84. The van der Waals surface area contributed by atoms with Gasteiger partial charge in [0.05, 0.1) is 12.5 Å². The Bertz CT molecular complexity index is 85.4. The molecule has 0 aromatic carbocycles. The van der Waals surface area contributed by atoms with Gasteiger partial charge >= 0.3 is 0 Å². The van der Waals surface area contributed by atoms with E-state index in [0.29, 0.717) is 0 Å². The summed E-state index contributed by atoms with van der Waals surface area (Å²) < 4.78 is 5.18. The number of aliphatic hydroxyl groups excluding tert-OH is 2. The van der Waals surface area contributed by atoms with E-state index in [-0.39, 0.29) is 12.5 Å². The van der Waals surface area contributed by atoms with Crippen molar-refractivity contribution in [1.29, 1.82) is 0 Å². The van der Waals surface area contributed by atoms with Gasteiger partial charge in [-0.15, -0.1) is 0 Å². The molecule has 0 atom stereocenters. The van der Waals surface area contributed by atoms with Crippen molar-refractivity contribution in [1.82, 2.24) is 0 Å². The SMILES string of the molecule is CCCC[Si](CO)(CO)OC. The Labute approximate surface area is 69.1 Å². The summed E-state index contributed by atoms with van der Waals surface area (Å²) in [7, 11) is -0.550. The van der Waals surface area contributed by atoms with Crippen LogP contribution < -0.4 is 0 Å². The van der Waals surface area contributed by atoms with Gasteiger partial charge in [0.2, 0.25) is 8.32 Å². The molecule has 0 aromatic rings. The number of rotatable bonds is 6. The summed E-state index contributed by atoms with van der Waals surface area (Å²) in [5, 5.41) is 18.0. The van der Waals surface area contributed by atoms with E-state index in [4.69, 9.17) is 14.6 Å². The zero-order chi connectivity index (χ0) is 8.74. The standard InChI is InChI=1S/C7H18O3Si/c1-3-4-5-11(6-8,7-9)10-2/h8-9H,3-7H2,1-2H3. The predicted molar refractivity (Wildman–Crippen MR) is 46.6 cm³/mol.